The number of rotatable bonds is 6. The van der Waals surface area contributed by atoms with E-state index >= 15 is 0 Å². The van der Waals surface area contributed by atoms with Crippen molar-refractivity contribution in [3.8, 4) is 0 Å². The molecule has 0 N–H and O–H groups in total. The fourth-order valence-corrected chi connectivity index (χ4v) is 3.93. The van der Waals surface area contributed by atoms with Crippen molar-refractivity contribution in [3.63, 3.8) is 0 Å². The summed E-state index contributed by atoms with van der Waals surface area (Å²) in [7, 11) is 0. The first kappa shape index (κ1) is 18.6. The molecule has 6 heteroatoms. The number of carbonyl (C=O) groups is 1. The predicted molar refractivity (Wildman–Crippen MR) is 96.6 cm³/mol. The number of ketones is 1. The van der Waals surface area contributed by atoms with Gasteiger partial charge in [0.25, 0.3) is 0 Å². The fraction of sp³-hybridized carbons (Fsp3) is 0.250. The van der Waals surface area contributed by atoms with Crippen LogP contribution in [-0.2, 0) is 17.5 Å². The van der Waals surface area contributed by atoms with Gasteiger partial charge in [-0.05, 0) is 35.6 Å². The van der Waals surface area contributed by atoms with Crippen LogP contribution in [0.5, 0.6) is 0 Å². The van der Waals surface area contributed by atoms with Crippen LogP contribution >= 0.6 is 11.3 Å². The molecule has 0 atom stereocenters. The van der Waals surface area contributed by atoms with Crippen LogP contribution in [0.2, 0.25) is 0 Å². The van der Waals surface area contributed by atoms with Gasteiger partial charge >= 0.3 is 6.18 Å². The largest absolute Gasteiger partial charge is 0.416 e. The zero-order valence-electron chi connectivity index (χ0n) is 14.1. The molecule has 0 saturated carbocycles. The van der Waals surface area contributed by atoms with E-state index < -0.39 is 11.7 Å². The smallest absolute Gasteiger partial charge is 0.376 e. The van der Waals surface area contributed by atoms with E-state index in [2.05, 4.69) is 0 Å². The summed E-state index contributed by atoms with van der Waals surface area (Å²) in [5.74, 6) is -0.106. The lowest BCUT2D eigenvalue weighted by Gasteiger charge is -2.05. The molecule has 0 amide bonds. The molecule has 0 radical (unpaired) electrons. The molecule has 0 spiro atoms. The molecule has 136 valence electrons. The third kappa shape index (κ3) is 4.14. The number of halogens is 3. The molecule has 0 bridgehead atoms. The monoisotopic (exact) mass is 378 g/mol. The summed E-state index contributed by atoms with van der Waals surface area (Å²) in [5.41, 5.74) is 1.06. The van der Waals surface area contributed by atoms with Crippen LogP contribution in [-0.4, -0.2) is 12.4 Å². The molecular formula is C20H17F3O2S. The molecule has 0 aliphatic heterocycles. The Morgan fingerprint density at radius 3 is 2.54 bits per heavy atom. The second-order valence-corrected chi connectivity index (χ2v) is 7.03. The van der Waals surface area contributed by atoms with Crippen molar-refractivity contribution in [2.75, 3.05) is 6.61 Å². The summed E-state index contributed by atoms with van der Waals surface area (Å²) >= 11 is 1.11. The number of carbonyl (C=O) groups excluding carboxylic acids is 1. The topological polar surface area (TPSA) is 26.3 Å². The molecule has 26 heavy (non-hydrogen) atoms. The quantitative estimate of drug-likeness (QED) is 0.387. The highest BCUT2D eigenvalue weighted by atomic mass is 32.1. The Morgan fingerprint density at radius 1 is 1.12 bits per heavy atom. The third-order valence-corrected chi connectivity index (χ3v) is 5.40. The van der Waals surface area contributed by atoms with Crippen molar-refractivity contribution in [1.29, 1.82) is 0 Å². The Labute approximate surface area is 153 Å². The van der Waals surface area contributed by atoms with Crippen LogP contribution < -0.4 is 0 Å². The van der Waals surface area contributed by atoms with E-state index in [1.165, 1.54) is 6.07 Å². The average Bonchev–Trinajstić information content (AvgIpc) is 2.95. The van der Waals surface area contributed by atoms with Gasteiger partial charge in [-0.15, -0.1) is 11.3 Å². The molecule has 3 aromatic rings. The molecule has 3 rings (SSSR count). The first-order valence-electron chi connectivity index (χ1n) is 8.11. The van der Waals surface area contributed by atoms with Crippen LogP contribution in [0.15, 0.2) is 48.5 Å². The zero-order valence-corrected chi connectivity index (χ0v) is 14.9. The number of hydrogen-bond acceptors (Lipinski definition) is 3. The maximum atomic E-state index is 12.8. The summed E-state index contributed by atoms with van der Waals surface area (Å²) in [6.07, 6.45) is -4.19. The summed E-state index contributed by atoms with van der Waals surface area (Å²) in [6, 6.07) is 13.2. The normalized spacial score (nSPS) is 11.8. The van der Waals surface area contributed by atoms with Crippen molar-refractivity contribution in [1.82, 2.24) is 0 Å². The Hall–Kier alpha value is -2.18. The van der Waals surface area contributed by atoms with E-state index in [-0.39, 0.29) is 18.8 Å². The van der Waals surface area contributed by atoms with Crippen LogP contribution in [0.4, 0.5) is 13.2 Å². The Bertz CT molecular complexity index is 914. The van der Waals surface area contributed by atoms with Gasteiger partial charge in [-0.3, -0.25) is 4.79 Å². The Kier molecular flexibility index (Phi) is 5.44. The number of benzene rings is 2. The third-order valence-electron chi connectivity index (χ3n) is 4.10. The molecule has 1 aromatic heterocycles. The number of aryl methyl sites for hydroxylation is 1. The summed E-state index contributed by atoms with van der Waals surface area (Å²) in [6.45, 7) is 2.47. The highest BCUT2D eigenvalue weighted by Gasteiger charge is 2.31. The first-order chi connectivity index (χ1) is 12.4. The highest BCUT2D eigenvalue weighted by molar-refractivity contribution is 7.21. The minimum atomic E-state index is -4.39. The maximum Gasteiger partial charge on any atom is 0.416 e. The summed E-state index contributed by atoms with van der Waals surface area (Å²) < 4.78 is 44.5. The summed E-state index contributed by atoms with van der Waals surface area (Å²) in [5, 5.41) is 0.691. The van der Waals surface area contributed by atoms with E-state index in [0.29, 0.717) is 21.6 Å². The molecule has 0 unspecified atom stereocenters. The highest BCUT2D eigenvalue weighted by Crippen LogP contribution is 2.37. The standard InChI is InChI=1S/C20H17F3O2S/c1-13-16-8-7-15(20(21,22)23)11-18(16)26-19(13)17(24)9-10-25-12-14-5-3-2-4-6-14/h2-8,11H,9-10,12H2,1H3. The van der Waals surface area contributed by atoms with Gasteiger partial charge in [0, 0.05) is 11.1 Å². The first-order valence-corrected chi connectivity index (χ1v) is 8.93. The number of ether oxygens (including phenoxy) is 1. The van der Waals surface area contributed by atoms with Gasteiger partial charge in [0.1, 0.15) is 0 Å². The second-order valence-electron chi connectivity index (χ2n) is 5.98. The SMILES string of the molecule is Cc1c(C(=O)CCOCc2ccccc2)sc2cc(C(F)(F)F)ccc12. The van der Waals surface area contributed by atoms with Crippen molar-refractivity contribution in [3.05, 3.63) is 70.1 Å². The van der Waals surface area contributed by atoms with Crippen molar-refractivity contribution in [2.45, 2.75) is 26.1 Å². The van der Waals surface area contributed by atoms with E-state index in [1.54, 1.807) is 6.92 Å². The minimum Gasteiger partial charge on any atom is -0.376 e. The summed E-state index contributed by atoms with van der Waals surface area (Å²) in [4.78, 5) is 12.9. The maximum absolute atomic E-state index is 12.8. The van der Waals surface area contributed by atoms with Crippen LogP contribution in [0.3, 0.4) is 0 Å². The number of hydrogen-bond donors (Lipinski definition) is 0. The fourth-order valence-electron chi connectivity index (χ4n) is 2.71. The van der Waals surface area contributed by atoms with Crippen molar-refractivity contribution >= 4 is 27.2 Å². The minimum absolute atomic E-state index is 0.106. The van der Waals surface area contributed by atoms with E-state index in [4.69, 9.17) is 4.74 Å². The molecule has 0 aliphatic rings. The van der Waals surface area contributed by atoms with E-state index in [1.807, 2.05) is 30.3 Å². The van der Waals surface area contributed by atoms with Crippen LogP contribution in [0, 0.1) is 6.92 Å². The lowest BCUT2D eigenvalue weighted by Crippen LogP contribution is -2.04. The Morgan fingerprint density at radius 2 is 1.85 bits per heavy atom. The Balaban J connectivity index is 1.67. The zero-order chi connectivity index (χ0) is 18.7. The lowest BCUT2D eigenvalue weighted by atomic mass is 10.1. The molecule has 2 nitrogen and oxygen atoms in total. The van der Waals surface area contributed by atoms with Gasteiger partial charge in [-0.1, -0.05) is 36.4 Å². The lowest BCUT2D eigenvalue weighted by molar-refractivity contribution is -0.137. The number of Topliss-reactive ketones (excluding diaryl/α,β-unsaturated/α-hetero) is 1. The second kappa shape index (κ2) is 7.60. The average molecular weight is 378 g/mol. The molecular weight excluding hydrogens is 361 g/mol. The molecule has 0 fully saturated rings. The predicted octanol–water partition coefficient (Wildman–Crippen LogP) is 6.02. The van der Waals surface area contributed by atoms with Gasteiger partial charge in [0.05, 0.1) is 23.7 Å². The molecule has 1 heterocycles. The van der Waals surface area contributed by atoms with Gasteiger partial charge < -0.3 is 4.74 Å². The molecule has 0 saturated heterocycles. The molecule has 2 aromatic carbocycles. The van der Waals surface area contributed by atoms with Gasteiger partial charge in [-0.2, -0.15) is 13.2 Å². The van der Waals surface area contributed by atoms with Crippen LogP contribution in [0.1, 0.15) is 32.8 Å². The number of alkyl halides is 3. The van der Waals surface area contributed by atoms with Crippen molar-refractivity contribution in [2.24, 2.45) is 0 Å². The molecule has 0 aliphatic carbocycles. The van der Waals surface area contributed by atoms with E-state index in [9.17, 15) is 18.0 Å². The van der Waals surface area contributed by atoms with Gasteiger partial charge in [0.2, 0.25) is 0 Å². The van der Waals surface area contributed by atoms with Gasteiger partial charge in [-0.25, -0.2) is 0 Å². The van der Waals surface area contributed by atoms with Crippen molar-refractivity contribution < 1.29 is 22.7 Å². The van der Waals surface area contributed by atoms with E-state index in [0.717, 1.165) is 34.6 Å². The van der Waals surface area contributed by atoms with Crippen LogP contribution in [0.25, 0.3) is 10.1 Å². The van der Waals surface area contributed by atoms with Gasteiger partial charge in [0.15, 0.2) is 5.78 Å². The number of fused-ring (bicyclic) bond motifs is 1. The number of thiophene rings is 1.